The van der Waals surface area contributed by atoms with Gasteiger partial charge in [-0.25, -0.2) is 4.79 Å². The zero-order chi connectivity index (χ0) is 21.5. The second-order valence-electron chi connectivity index (χ2n) is 6.49. The Labute approximate surface area is 174 Å². The van der Waals surface area contributed by atoms with E-state index < -0.39 is 0 Å². The summed E-state index contributed by atoms with van der Waals surface area (Å²) in [6, 6.07) is 11.4. The van der Waals surface area contributed by atoms with E-state index in [0.717, 1.165) is 0 Å². The SMILES string of the molecule is CCNC(=O)COc1ccc(NC(=O)c2ccc(OC)c(N3CCNC3=O)c2)cc1. The number of methoxy groups -OCH3 is 1. The van der Waals surface area contributed by atoms with Crippen molar-refractivity contribution >= 4 is 29.2 Å². The molecule has 0 aliphatic carbocycles. The van der Waals surface area contributed by atoms with Crippen LogP contribution in [0.4, 0.5) is 16.2 Å². The monoisotopic (exact) mass is 412 g/mol. The van der Waals surface area contributed by atoms with E-state index in [0.29, 0.717) is 48.1 Å². The molecule has 2 aromatic carbocycles. The fourth-order valence-electron chi connectivity index (χ4n) is 2.98. The molecule has 30 heavy (non-hydrogen) atoms. The normalized spacial score (nSPS) is 12.9. The van der Waals surface area contributed by atoms with Crippen molar-refractivity contribution in [2.75, 3.05) is 43.6 Å². The molecule has 1 fully saturated rings. The van der Waals surface area contributed by atoms with Crippen molar-refractivity contribution in [3.05, 3.63) is 48.0 Å². The number of nitrogens with zero attached hydrogens (tertiary/aromatic N) is 1. The highest BCUT2D eigenvalue weighted by atomic mass is 16.5. The third-order valence-electron chi connectivity index (χ3n) is 4.44. The number of carbonyl (C=O) groups excluding carboxylic acids is 3. The van der Waals surface area contributed by atoms with E-state index in [2.05, 4.69) is 16.0 Å². The lowest BCUT2D eigenvalue weighted by molar-refractivity contribution is -0.122. The molecule has 1 heterocycles. The maximum absolute atomic E-state index is 12.7. The second-order valence-corrected chi connectivity index (χ2v) is 6.49. The minimum atomic E-state index is -0.325. The van der Waals surface area contributed by atoms with Gasteiger partial charge < -0.3 is 25.4 Å². The van der Waals surface area contributed by atoms with Gasteiger partial charge in [-0.2, -0.15) is 0 Å². The number of likely N-dealkylation sites (N-methyl/N-ethyl adjacent to an activating group) is 1. The number of rotatable bonds is 8. The molecule has 0 atom stereocenters. The van der Waals surface area contributed by atoms with Crippen molar-refractivity contribution in [2.45, 2.75) is 6.92 Å². The van der Waals surface area contributed by atoms with E-state index in [1.165, 1.54) is 12.0 Å². The summed E-state index contributed by atoms with van der Waals surface area (Å²) in [5, 5.41) is 8.18. The standard InChI is InChI=1S/C21H24N4O5/c1-3-22-19(26)13-30-16-7-5-15(6-8-16)24-20(27)14-4-9-18(29-2)17(12-14)25-11-10-23-21(25)28/h4-9,12H,3,10-11,13H2,1-2H3,(H,22,26)(H,23,28)(H,24,27). The van der Waals surface area contributed by atoms with Gasteiger partial charge in [0.25, 0.3) is 11.8 Å². The molecule has 0 saturated carbocycles. The van der Waals surface area contributed by atoms with Gasteiger partial charge >= 0.3 is 6.03 Å². The Morgan fingerprint density at radius 2 is 1.93 bits per heavy atom. The number of hydrogen-bond donors (Lipinski definition) is 3. The smallest absolute Gasteiger partial charge is 0.322 e. The van der Waals surface area contributed by atoms with Crippen LogP contribution in [0.1, 0.15) is 17.3 Å². The number of nitrogens with one attached hydrogen (secondary N) is 3. The molecule has 1 aliphatic heterocycles. The van der Waals surface area contributed by atoms with E-state index in [9.17, 15) is 14.4 Å². The zero-order valence-electron chi connectivity index (χ0n) is 16.9. The molecular weight excluding hydrogens is 388 g/mol. The van der Waals surface area contributed by atoms with Crippen LogP contribution in [-0.4, -0.2) is 51.2 Å². The van der Waals surface area contributed by atoms with Crippen LogP contribution in [0.25, 0.3) is 0 Å². The summed E-state index contributed by atoms with van der Waals surface area (Å²) in [5.41, 5.74) is 1.50. The van der Waals surface area contributed by atoms with E-state index in [4.69, 9.17) is 9.47 Å². The van der Waals surface area contributed by atoms with Crippen LogP contribution >= 0.6 is 0 Å². The quantitative estimate of drug-likeness (QED) is 0.614. The highest BCUT2D eigenvalue weighted by molar-refractivity contribution is 6.06. The Morgan fingerprint density at radius 1 is 1.17 bits per heavy atom. The van der Waals surface area contributed by atoms with Gasteiger partial charge in [-0.1, -0.05) is 0 Å². The summed E-state index contributed by atoms with van der Waals surface area (Å²) in [7, 11) is 1.52. The molecular formula is C21H24N4O5. The van der Waals surface area contributed by atoms with E-state index in [-0.39, 0.29) is 24.5 Å². The molecule has 3 N–H and O–H groups in total. The number of ether oxygens (including phenoxy) is 2. The van der Waals surface area contributed by atoms with Crippen LogP contribution in [0, 0.1) is 0 Å². The van der Waals surface area contributed by atoms with Crippen molar-refractivity contribution in [3.8, 4) is 11.5 Å². The lowest BCUT2D eigenvalue weighted by Gasteiger charge is -2.18. The van der Waals surface area contributed by atoms with Gasteiger partial charge in [0, 0.05) is 30.9 Å². The van der Waals surface area contributed by atoms with E-state index >= 15 is 0 Å². The molecule has 3 rings (SSSR count). The minimum absolute atomic E-state index is 0.0712. The van der Waals surface area contributed by atoms with E-state index in [1.807, 2.05) is 6.92 Å². The van der Waals surface area contributed by atoms with Gasteiger partial charge in [0.1, 0.15) is 11.5 Å². The zero-order valence-corrected chi connectivity index (χ0v) is 16.9. The van der Waals surface area contributed by atoms with Crippen molar-refractivity contribution in [1.29, 1.82) is 0 Å². The third-order valence-corrected chi connectivity index (χ3v) is 4.44. The number of carbonyl (C=O) groups is 3. The predicted octanol–water partition coefficient (Wildman–Crippen LogP) is 1.99. The summed E-state index contributed by atoms with van der Waals surface area (Å²) < 4.78 is 10.7. The molecule has 1 aliphatic rings. The Kier molecular flexibility index (Phi) is 6.74. The number of benzene rings is 2. The van der Waals surface area contributed by atoms with Crippen LogP contribution in [0.15, 0.2) is 42.5 Å². The van der Waals surface area contributed by atoms with Crippen molar-refractivity contribution in [2.24, 2.45) is 0 Å². The summed E-state index contributed by atoms with van der Waals surface area (Å²) in [5.74, 6) is 0.509. The first kappa shape index (κ1) is 21.0. The van der Waals surface area contributed by atoms with Crippen LogP contribution < -0.4 is 30.3 Å². The van der Waals surface area contributed by atoms with Gasteiger partial charge in [-0.15, -0.1) is 0 Å². The van der Waals surface area contributed by atoms with Gasteiger partial charge in [0.15, 0.2) is 6.61 Å². The van der Waals surface area contributed by atoms with Crippen LogP contribution in [0.3, 0.4) is 0 Å². The first-order chi connectivity index (χ1) is 14.5. The number of urea groups is 1. The van der Waals surface area contributed by atoms with Gasteiger partial charge in [-0.05, 0) is 49.4 Å². The summed E-state index contributed by atoms with van der Waals surface area (Å²) >= 11 is 0. The van der Waals surface area contributed by atoms with E-state index in [1.54, 1.807) is 42.5 Å². The lowest BCUT2D eigenvalue weighted by Crippen LogP contribution is -2.28. The average molecular weight is 412 g/mol. The molecule has 0 spiro atoms. The highest BCUT2D eigenvalue weighted by Gasteiger charge is 2.25. The van der Waals surface area contributed by atoms with Crippen LogP contribution in [-0.2, 0) is 4.79 Å². The summed E-state index contributed by atoms with van der Waals surface area (Å²) in [6.07, 6.45) is 0. The molecule has 0 aromatic heterocycles. The fourth-order valence-corrected chi connectivity index (χ4v) is 2.98. The van der Waals surface area contributed by atoms with Gasteiger partial charge in [0.2, 0.25) is 0 Å². The maximum Gasteiger partial charge on any atom is 0.322 e. The molecule has 9 nitrogen and oxygen atoms in total. The van der Waals surface area contributed by atoms with Crippen LogP contribution in [0.5, 0.6) is 11.5 Å². The van der Waals surface area contributed by atoms with Gasteiger partial charge in [-0.3, -0.25) is 14.5 Å². The third kappa shape index (κ3) is 4.99. The van der Waals surface area contributed by atoms with Crippen LogP contribution in [0.2, 0.25) is 0 Å². The minimum Gasteiger partial charge on any atom is -0.495 e. The molecule has 0 radical (unpaired) electrons. The Hall–Kier alpha value is -3.75. The Morgan fingerprint density at radius 3 is 2.57 bits per heavy atom. The molecule has 0 bridgehead atoms. The first-order valence-electron chi connectivity index (χ1n) is 9.56. The average Bonchev–Trinajstić information content (AvgIpc) is 3.18. The Balaban J connectivity index is 1.67. The second kappa shape index (κ2) is 9.64. The summed E-state index contributed by atoms with van der Waals surface area (Å²) in [6.45, 7) is 3.34. The number of anilines is 2. The fraction of sp³-hybridized carbons (Fsp3) is 0.286. The lowest BCUT2D eigenvalue weighted by atomic mass is 10.1. The molecule has 158 valence electrons. The molecule has 4 amide bonds. The molecule has 0 unspecified atom stereocenters. The van der Waals surface area contributed by atoms with Gasteiger partial charge in [0.05, 0.1) is 12.8 Å². The van der Waals surface area contributed by atoms with Crippen molar-refractivity contribution in [3.63, 3.8) is 0 Å². The first-order valence-corrected chi connectivity index (χ1v) is 9.56. The Bertz CT molecular complexity index is 929. The van der Waals surface area contributed by atoms with Crippen molar-refractivity contribution in [1.82, 2.24) is 10.6 Å². The number of amides is 4. The molecule has 9 heteroatoms. The predicted molar refractivity (Wildman–Crippen MR) is 112 cm³/mol. The molecule has 1 saturated heterocycles. The summed E-state index contributed by atoms with van der Waals surface area (Å²) in [4.78, 5) is 37.7. The largest absolute Gasteiger partial charge is 0.495 e. The van der Waals surface area contributed by atoms with Crippen molar-refractivity contribution < 1.29 is 23.9 Å². The molecule has 2 aromatic rings. The highest BCUT2D eigenvalue weighted by Crippen LogP contribution is 2.30. The maximum atomic E-state index is 12.7. The topological polar surface area (TPSA) is 109 Å². The number of hydrogen-bond acceptors (Lipinski definition) is 5.